The van der Waals surface area contributed by atoms with E-state index in [1.807, 2.05) is 0 Å². The predicted octanol–water partition coefficient (Wildman–Crippen LogP) is 5.70. The van der Waals surface area contributed by atoms with Crippen LogP contribution in [0.3, 0.4) is 0 Å². The SMILES string of the molecule is O=C(O)c1ccc2c(c1)[C@@H]1[C@@H]3CC[C@@H](C3)[C@@H]1[C@@H](c1cccc(C(F)(F)F)c1)N2. The van der Waals surface area contributed by atoms with Gasteiger partial charge in [-0.15, -0.1) is 0 Å². The number of aromatic carboxylic acids is 1. The molecular weight excluding hydrogens is 367 g/mol. The van der Waals surface area contributed by atoms with Crippen molar-refractivity contribution >= 4 is 11.7 Å². The summed E-state index contributed by atoms with van der Waals surface area (Å²) < 4.78 is 39.7. The van der Waals surface area contributed by atoms with Crippen LogP contribution in [-0.4, -0.2) is 11.1 Å². The number of anilines is 1. The van der Waals surface area contributed by atoms with Crippen LogP contribution in [0.5, 0.6) is 0 Å². The zero-order chi connectivity index (χ0) is 19.6. The lowest BCUT2D eigenvalue weighted by atomic mass is 9.68. The first-order valence-electron chi connectivity index (χ1n) is 9.64. The maximum Gasteiger partial charge on any atom is 0.416 e. The van der Waals surface area contributed by atoms with Crippen LogP contribution in [0.1, 0.15) is 58.3 Å². The van der Waals surface area contributed by atoms with Gasteiger partial charge < -0.3 is 10.4 Å². The molecule has 0 radical (unpaired) electrons. The fourth-order valence-electron chi connectivity index (χ4n) is 5.86. The minimum absolute atomic E-state index is 0.189. The summed E-state index contributed by atoms with van der Waals surface area (Å²) in [5.74, 6) is 0.381. The molecule has 2 N–H and O–H groups in total. The van der Waals surface area contributed by atoms with Gasteiger partial charge in [-0.1, -0.05) is 12.1 Å². The van der Waals surface area contributed by atoms with Crippen LogP contribution in [0.4, 0.5) is 18.9 Å². The number of carboxylic acids is 1. The number of hydrogen-bond acceptors (Lipinski definition) is 2. The molecule has 3 aliphatic rings. The normalized spacial score (nSPS) is 30.5. The number of benzene rings is 2. The molecule has 5 rings (SSSR count). The minimum Gasteiger partial charge on any atom is -0.478 e. The van der Waals surface area contributed by atoms with E-state index in [1.54, 1.807) is 24.3 Å². The topological polar surface area (TPSA) is 49.3 Å². The van der Waals surface area contributed by atoms with Crippen molar-refractivity contribution in [2.75, 3.05) is 5.32 Å². The highest BCUT2D eigenvalue weighted by molar-refractivity contribution is 5.88. The van der Waals surface area contributed by atoms with Crippen molar-refractivity contribution in [3.63, 3.8) is 0 Å². The third kappa shape index (κ3) is 2.61. The van der Waals surface area contributed by atoms with Gasteiger partial charge in [0, 0.05) is 5.69 Å². The van der Waals surface area contributed by atoms with E-state index in [0.717, 1.165) is 36.6 Å². The van der Waals surface area contributed by atoms with E-state index < -0.39 is 17.7 Å². The van der Waals surface area contributed by atoms with Crippen molar-refractivity contribution in [3.8, 4) is 0 Å². The number of halogens is 3. The van der Waals surface area contributed by atoms with Crippen LogP contribution in [-0.2, 0) is 6.18 Å². The predicted molar refractivity (Wildman–Crippen MR) is 98.3 cm³/mol. The van der Waals surface area contributed by atoms with E-state index in [-0.39, 0.29) is 23.4 Å². The molecule has 0 saturated heterocycles. The summed E-state index contributed by atoms with van der Waals surface area (Å²) in [6.45, 7) is 0. The molecule has 0 amide bonds. The lowest BCUT2D eigenvalue weighted by molar-refractivity contribution is -0.137. The van der Waals surface area contributed by atoms with Crippen molar-refractivity contribution < 1.29 is 23.1 Å². The van der Waals surface area contributed by atoms with Gasteiger partial charge in [-0.05, 0) is 84.4 Å². The van der Waals surface area contributed by atoms with E-state index in [9.17, 15) is 23.1 Å². The summed E-state index contributed by atoms with van der Waals surface area (Å²) in [7, 11) is 0. The first-order valence-corrected chi connectivity index (χ1v) is 9.64. The van der Waals surface area contributed by atoms with Crippen LogP contribution in [0, 0.1) is 17.8 Å². The highest BCUT2D eigenvalue weighted by atomic mass is 19.4. The molecule has 146 valence electrons. The molecule has 2 bridgehead atoms. The zero-order valence-corrected chi connectivity index (χ0v) is 15.0. The molecule has 2 fully saturated rings. The summed E-state index contributed by atoms with van der Waals surface area (Å²) in [5, 5.41) is 12.8. The number of carbonyl (C=O) groups is 1. The molecule has 5 atom stereocenters. The van der Waals surface area contributed by atoms with E-state index >= 15 is 0 Å². The van der Waals surface area contributed by atoms with Gasteiger partial charge in [-0.3, -0.25) is 0 Å². The second kappa shape index (κ2) is 6.00. The van der Waals surface area contributed by atoms with Gasteiger partial charge in [0.1, 0.15) is 0 Å². The highest BCUT2D eigenvalue weighted by Crippen LogP contribution is 2.63. The number of carboxylic acid groups (broad SMARTS) is 1. The van der Waals surface area contributed by atoms with Crippen LogP contribution >= 0.6 is 0 Å². The van der Waals surface area contributed by atoms with Gasteiger partial charge in [-0.2, -0.15) is 13.2 Å². The largest absolute Gasteiger partial charge is 0.478 e. The van der Waals surface area contributed by atoms with E-state index in [0.29, 0.717) is 17.4 Å². The Labute approximate surface area is 160 Å². The second-order valence-electron chi connectivity index (χ2n) is 8.29. The maximum absolute atomic E-state index is 13.2. The molecule has 2 saturated carbocycles. The Kier molecular flexibility index (Phi) is 3.77. The standard InChI is InChI=1S/C22H20F3NO2/c23-22(24,25)15-3-1-2-13(9-15)20-19-12-5-4-11(8-12)18(19)16-10-14(21(27)28)6-7-17(16)26-20/h1-3,6-7,9-12,18-20,26H,4-5,8H2,(H,27,28)/t11-,12+,18+,19+,20-/m1/s1. The third-order valence-electron chi connectivity index (χ3n) is 6.91. The van der Waals surface area contributed by atoms with Gasteiger partial charge in [0.25, 0.3) is 0 Å². The number of rotatable bonds is 2. The molecule has 0 spiro atoms. The van der Waals surface area contributed by atoms with Crippen LogP contribution in [0.25, 0.3) is 0 Å². The molecule has 6 heteroatoms. The van der Waals surface area contributed by atoms with Crippen molar-refractivity contribution in [1.82, 2.24) is 0 Å². The van der Waals surface area contributed by atoms with Gasteiger partial charge >= 0.3 is 12.1 Å². The van der Waals surface area contributed by atoms with Crippen molar-refractivity contribution in [1.29, 1.82) is 0 Å². The minimum atomic E-state index is -4.37. The Morgan fingerprint density at radius 3 is 2.61 bits per heavy atom. The molecule has 3 nitrogen and oxygen atoms in total. The lowest BCUT2D eigenvalue weighted by Gasteiger charge is -2.43. The monoisotopic (exact) mass is 387 g/mol. The van der Waals surface area contributed by atoms with Crippen LogP contribution < -0.4 is 5.32 Å². The summed E-state index contributed by atoms with van der Waals surface area (Å²) in [5.41, 5.74) is 2.16. The quantitative estimate of drug-likeness (QED) is 0.695. The second-order valence-corrected chi connectivity index (χ2v) is 8.29. The van der Waals surface area contributed by atoms with Crippen LogP contribution in [0.2, 0.25) is 0 Å². The third-order valence-corrected chi connectivity index (χ3v) is 6.91. The zero-order valence-electron chi connectivity index (χ0n) is 15.0. The molecule has 0 aromatic heterocycles. The average molecular weight is 387 g/mol. The molecule has 0 unspecified atom stereocenters. The van der Waals surface area contributed by atoms with Gasteiger partial charge in [0.2, 0.25) is 0 Å². The number of hydrogen-bond donors (Lipinski definition) is 2. The molecule has 1 aliphatic heterocycles. The van der Waals surface area contributed by atoms with Crippen LogP contribution in [0.15, 0.2) is 42.5 Å². The summed E-state index contributed by atoms with van der Waals surface area (Å²) in [6, 6.07) is 10.5. The average Bonchev–Trinajstić information content (AvgIpc) is 3.29. The summed E-state index contributed by atoms with van der Waals surface area (Å²) >= 11 is 0. The van der Waals surface area contributed by atoms with Crippen molar-refractivity contribution in [2.45, 2.75) is 37.4 Å². The molecule has 2 aromatic rings. The van der Waals surface area contributed by atoms with E-state index in [2.05, 4.69) is 5.32 Å². The highest BCUT2D eigenvalue weighted by Gasteiger charge is 2.54. The fourth-order valence-corrected chi connectivity index (χ4v) is 5.86. The Balaban J connectivity index is 1.61. The molecular formula is C22H20F3NO2. The Morgan fingerprint density at radius 1 is 1.07 bits per heavy atom. The number of fused-ring (bicyclic) bond motifs is 7. The molecule has 2 aliphatic carbocycles. The first-order chi connectivity index (χ1) is 13.3. The maximum atomic E-state index is 13.2. The fraction of sp³-hybridized carbons (Fsp3) is 0.409. The lowest BCUT2D eigenvalue weighted by Crippen LogP contribution is -2.35. The van der Waals surface area contributed by atoms with E-state index in [4.69, 9.17) is 0 Å². The number of nitrogens with one attached hydrogen (secondary N) is 1. The Hall–Kier alpha value is -2.50. The smallest absolute Gasteiger partial charge is 0.416 e. The van der Waals surface area contributed by atoms with Gasteiger partial charge in [0.05, 0.1) is 17.2 Å². The van der Waals surface area contributed by atoms with Gasteiger partial charge in [0.15, 0.2) is 0 Å². The molecule has 2 aromatic carbocycles. The number of alkyl halides is 3. The first kappa shape index (κ1) is 17.6. The van der Waals surface area contributed by atoms with E-state index in [1.165, 1.54) is 12.1 Å². The van der Waals surface area contributed by atoms with Crippen molar-refractivity contribution in [3.05, 3.63) is 64.7 Å². The molecule has 1 heterocycles. The molecule has 28 heavy (non-hydrogen) atoms. The Bertz CT molecular complexity index is 955. The Morgan fingerprint density at radius 2 is 1.86 bits per heavy atom. The van der Waals surface area contributed by atoms with Crippen molar-refractivity contribution in [2.24, 2.45) is 17.8 Å². The summed E-state index contributed by atoms with van der Waals surface area (Å²) in [6.07, 6.45) is -1.09. The summed E-state index contributed by atoms with van der Waals surface area (Å²) in [4.78, 5) is 11.4. The van der Waals surface area contributed by atoms with Gasteiger partial charge in [-0.25, -0.2) is 4.79 Å².